The number of carbonyl (C=O) groups is 1. The summed E-state index contributed by atoms with van der Waals surface area (Å²) < 4.78 is 6.83. The number of fused-ring (bicyclic) bond motifs is 1. The lowest BCUT2D eigenvalue weighted by Crippen LogP contribution is -2.20. The van der Waals surface area contributed by atoms with Crippen LogP contribution in [0.3, 0.4) is 0 Å². The average Bonchev–Trinajstić information content (AvgIpc) is 2.56. The minimum Gasteiger partial charge on any atom is -0.462 e. The van der Waals surface area contributed by atoms with E-state index in [9.17, 15) is 9.59 Å². The molecule has 0 aliphatic carbocycles. The zero-order valence-corrected chi connectivity index (χ0v) is 12.2. The predicted octanol–water partition coefficient (Wildman–Crippen LogP) is 3.17. The second-order valence-corrected chi connectivity index (χ2v) is 4.82. The van der Waals surface area contributed by atoms with Gasteiger partial charge in [0, 0.05) is 17.3 Å². The Morgan fingerprint density at radius 2 is 1.73 bits per heavy atom. The number of rotatable bonds is 3. The second kappa shape index (κ2) is 5.85. The maximum Gasteiger partial charge on any atom is 0.343 e. The van der Waals surface area contributed by atoms with Crippen molar-refractivity contribution < 1.29 is 9.53 Å². The van der Waals surface area contributed by atoms with Crippen LogP contribution < -0.4 is 5.43 Å². The molecule has 4 nitrogen and oxygen atoms in total. The number of ether oxygens (including phenoxy) is 1. The highest BCUT2D eigenvalue weighted by atomic mass is 16.5. The van der Waals surface area contributed by atoms with Crippen LogP contribution in [-0.2, 0) is 4.74 Å². The third-order valence-corrected chi connectivity index (χ3v) is 3.44. The number of pyridine rings is 1. The van der Waals surface area contributed by atoms with Gasteiger partial charge in [0.05, 0.1) is 12.1 Å². The summed E-state index contributed by atoms with van der Waals surface area (Å²) in [7, 11) is 0. The van der Waals surface area contributed by atoms with Crippen molar-refractivity contribution in [2.45, 2.75) is 6.92 Å². The molecule has 0 spiro atoms. The van der Waals surface area contributed by atoms with Gasteiger partial charge in [0.2, 0.25) is 5.43 Å². The summed E-state index contributed by atoms with van der Waals surface area (Å²) in [4.78, 5) is 24.6. The van der Waals surface area contributed by atoms with E-state index in [2.05, 4.69) is 0 Å². The quantitative estimate of drug-likeness (QED) is 0.697. The van der Waals surface area contributed by atoms with Gasteiger partial charge in [0.15, 0.2) is 0 Å². The van der Waals surface area contributed by atoms with Crippen LogP contribution in [0.2, 0.25) is 0 Å². The molecule has 0 saturated carbocycles. The van der Waals surface area contributed by atoms with E-state index in [4.69, 9.17) is 4.74 Å². The van der Waals surface area contributed by atoms with E-state index in [0.717, 1.165) is 11.2 Å². The van der Waals surface area contributed by atoms with Crippen molar-refractivity contribution in [3.8, 4) is 5.69 Å². The number of aromatic nitrogens is 1. The number of esters is 1. The first-order valence-corrected chi connectivity index (χ1v) is 7.09. The molecule has 0 aliphatic rings. The van der Waals surface area contributed by atoms with Gasteiger partial charge in [-0.15, -0.1) is 0 Å². The average molecular weight is 293 g/mol. The Morgan fingerprint density at radius 3 is 2.45 bits per heavy atom. The Bertz CT molecular complexity index is 882. The molecular weight excluding hydrogens is 278 g/mol. The molecule has 0 atom stereocenters. The van der Waals surface area contributed by atoms with Crippen LogP contribution in [0.4, 0.5) is 0 Å². The zero-order chi connectivity index (χ0) is 15.5. The smallest absolute Gasteiger partial charge is 0.343 e. The van der Waals surface area contributed by atoms with Gasteiger partial charge in [-0.25, -0.2) is 4.79 Å². The van der Waals surface area contributed by atoms with Crippen molar-refractivity contribution in [1.29, 1.82) is 0 Å². The molecule has 0 radical (unpaired) electrons. The standard InChI is InChI=1S/C18H15NO3/c1-2-22-18(21)15-12-19(13-8-4-3-5-9-13)16-11-7-6-10-14(16)17(15)20/h3-12H,2H2,1H3. The lowest BCUT2D eigenvalue weighted by atomic mass is 10.1. The SMILES string of the molecule is CCOC(=O)c1cn(-c2ccccc2)c2ccccc2c1=O. The third-order valence-electron chi connectivity index (χ3n) is 3.44. The number of nitrogens with zero attached hydrogens (tertiary/aromatic N) is 1. The summed E-state index contributed by atoms with van der Waals surface area (Å²) in [5, 5.41) is 0.497. The monoisotopic (exact) mass is 293 g/mol. The minimum absolute atomic E-state index is 0.0457. The molecule has 1 aromatic heterocycles. The number of benzene rings is 2. The van der Waals surface area contributed by atoms with E-state index in [0.29, 0.717) is 5.39 Å². The van der Waals surface area contributed by atoms with Gasteiger partial charge in [-0.2, -0.15) is 0 Å². The third kappa shape index (κ3) is 2.39. The van der Waals surface area contributed by atoms with Crippen LogP contribution in [0.1, 0.15) is 17.3 Å². The summed E-state index contributed by atoms with van der Waals surface area (Å²) in [6.07, 6.45) is 1.55. The molecule has 0 N–H and O–H groups in total. The van der Waals surface area contributed by atoms with E-state index < -0.39 is 5.97 Å². The molecule has 22 heavy (non-hydrogen) atoms. The molecule has 110 valence electrons. The van der Waals surface area contributed by atoms with Crippen LogP contribution in [-0.4, -0.2) is 17.1 Å². The minimum atomic E-state index is -0.595. The van der Waals surface area contributed by atoms with Crippen LogP contribution in [0.5, 0.6) is 0 Å². The molecule has 0 fully saturated rings. The molecule has 0 amide bonds. The fraction of sp³-hybridized carbons (Fsp3) is 0.111. The van der Waals surface area contributed by atoms with Gasteiger partial charge in [-0.3, -0.25) is 4.79 Å². The van der Waals surface area contributed by atoms with Crippen LogP contribution in [0, 0.1) is 0 Å². The van der Waals surface area contributed by atoms with Gasteiger partial charge in [0.1, 0.15) is 5.56 Å². The van der Waals surface area contributed by atoms with Crippen molar-refractivity contribution in [2.24, 2.45) is 0 Å². The van der Waals surface area contributed by atoms with Gasteiger partial charge in [0.25, 0.3) is 0 Å². The summed E-state index contributed by atoms with van der Waals surface area (Å²) >= 11 is 0. The van der Waals surface area contributed by atoms with Gasteiger partial charge in [-0.05, 0) is 31.2 Å². The Morgan fingerprint density at radius 1 is 1.05 bits per heavy atom. The lowest BCUT2D eigenvalue weighted by molar-refractivity contribution is 0.0524. The lowest BCUT2D eigenvalue weighted by Gasteiger charge is -2.13. The van der Waals surface area contributed by atoms with Crippen molar-refractivity contribution in [1.82, 2.24) is 4.57 Å². The van der Waals surface area contributed by atoms with E-state index >= 15 is 0 Å². The van der Waals surface area contributed by atoms with E-state index in [-0.39, 0.29) is 17.6 Å². The molecule has 0 unspecified atom stereocenters. The van der Waals surface area contributed by atoms with Gasteiger partial charge >= 0.3 is 5.97 Å². The summed E-state index contributed by atoms with van der Waals surface area (Å²) in [6, 6.07) is 16.8. The van der Waals surface area contributed by atoms with E-state index in [1.165, 1.54) is 0 Å². The maximum absolute atomic E-state index is 12.5. The fourth-order valence-corrected chi connectivity index (χ4v) is 2.43. The summed E-state index contributed by atoms with van der Waals surface area (Å²) in [6.45, 7) is 1.95. The first kappa shape index (κ1) is 14.1. The van der Waals surface area contributed by atoms with E-state index in [1.54, 1.807) is 25.3 Å². The topological polar surface area (TPSA) is 48.3 Å². The van der Waals surface area contributed by atoms with Crippen LogP contribution in [0.15, 0.2) is 65.6 Å². The van der Waals surface area contributed by atoms with Gasteiger partial charge in [-0.1, -0.05) is 30.3 Å². The highest BCUT2D eigenvalue weighted by molar-refractivity contribution is 5.94. The number of hydrogen-bond donors (Lipinski definition) is 0. The number of para-hydroxylation sites is 2. The second-order valence-electron chi connectivity index (χ2n) is 4.82. The maximum atomic E-state index is 12.5. The largest absolute Gasteiger partial charge is 0.462 e. The fourth-order valence-electron chi connectivity index (χ4n) is 2.43. The molecular formula is C18H15NO3. The molecule has 2 aromatic carbocycles. The molecule has 0 saturated heterocycles. The normalized spacial score (nSPS) is 10.6. The Labute approximate surface area is 127 Å². The van der Waals surface area contributed by atoms with Crippen molar-refractivity contribution in [3.05, 3.63) is 76.6 Å². The van der Waals surface area contributed by atoms with Crippen molar-refractivity contribution >= 4 is 16.9 Å². The number of carbonyl (C=O) groups excluding carboxylic acids is 1. The predicted molar refractivity (Wildman–Crippen MR) is 85.5 cm³/mol. The van der Waals surface area contributed by atoms with Crippen molar-refractivity contribution in [3.63, 3.8) is 0 Å². The number of hydrogen-bond acceptors (Lipinski definition) is 3. The van der Waals surface area contributed by atoms with E-state index in [1.807, 2.05) is 47.0 Å². The van der Waals surface area contributed by atoms with Crippen LogP contribution >= 0.6 is 0 Å². The molecule has 1 heterocycles. The Hall–Kier alpha value is -2.88. The molecule has 3 aromatic rings. The van der Waals surface area contributed by atoms with Gasteiger partial charge < -0.3 is 9.30 Å². The molecule has 0 aliphatic heterocycles. The summed E-state index contributed by atoms with van der Waals surface area (Å²) in [5.41, 5.74) is 1.38. The van der Waals surface area contributed by atoms with Crippen LogP contribution in [0.25, 0.3) is 16.6 Å². The first-order valence-electron chi connectivity index (χ1n) is 7.09. The highest BCUT2D eigenvalue weighted by Crippen LogP contribution is 2.17. The highest BCUT2D eigenvalue weighted by Gasteiger charge is 2.16. The molecule has 4 heteroatoms. The zero-order valence-electron chi connectivity index (χ0n) is 12.2. The van der Waals surface area contributed by atoms with Crippen molar-refractivity contribution in [2.75, 3.05) is 6.61 Å². The Kier molecular flexibility index (Phi) is 3.74. The Balaban J connectivity index is 2.34. The first-order chi connectivity index (χ1) is 10.7. The summed E-state index contributed by atoms with van der Waals surface area (Å²) in [5.74, 6) is -0.595. The molecule has 3 rings (SSSR count). The molecule has 0 bridgehead atoms.